The predicted molar refractivity (Wildman–Crippen MR) is 191 cm³/mol. The van der Waals surface area contributed by atoms with E-state index in [9.17, 15) is 5.26 Å². The summed E-state index contributed by atoms with van der Waals surface area (Å²) in [6, 6.07) is 16.9. The van der Waals surface area contributed by atoms with Crippen LogP contribution >= 0.6 is 0 Å². The lowest BCUT2D eigenvalue weighted by Crippen LogP contribution is -2.51. The van der Waals surface area contributed by atoms with Gasteiger partial charge in [0.05, 0.1) is 17.3 Å². The molecule has 0 atom stereocenters. The van der Waals surface area contributed by atoms with Gasteiger partial charge in [-0.25, -0.2) is 0 Å². The second-order valence-electron chi connectivity index (χ2n) is 10.6. The highest BCUT2D eigenvalue weighted by Crippen LogP contribution is 2.42. The Morgan fingerprint density at radius 2 is 1.14 bits per heavy atom. The molecule has 7 aromatic rings. The van der Waals surface area contributed by atoms with Gasteiger partial charge in [-0.3, -0.25) is 4.98 Å². The van der Waals surface area contributed by atoms with E-state index in [-0.39, 0.29) is 49.2 Å². The number of benzene rings is 5. The highest BCUT2D eigenvalue weighted by molar-refractivity contribution is 6.73. The van der Waals surface area contributed by atoms with E-state index >= 15 is 0 Å². The van der Waals surface area contributed by atoms with Crippen LogP contribution in [0.15, 0.2) is 59.1 Å². The first-order chi connectivity index (χ1) is 21.1. The number of nitrogens with zero attached hydrogens (tertiary/aromatic N) is 2. The number of pyridine rings is 1. The van der Waals surface area contributed by atoms with Crippen LogP contribution in [0.2, 0.25) is 0 Å². The van der Waals surface area contributed by atoms with E-state index in [1.54, 1.807) is 12.3 Å². The minimum absolute atomic E-state index is 0.0704. The number of hydrogen-bond donors (Lipinski definition) is 0. The fourth-order valence-electron chi connectivity index (χ4n) is 6.17. The molecule has 0 saturated heterocycles. The van der Waals surface area contributed by atoms with Crippen LogP contribution in [0.25, 0.3) is 65.9 Å². The Bertz CT molecular complexity index is 2450. The maximum atomic E-state index is 10.1. The maximum absolute atomic E-state index is 10.1. The predicted octanol–water partition coefficient (Wildman–Crippen LogP) is -2.36. The van der Waals surface area contributed by atoms with Crippen molar-refractivity contribution in [3.63, 3.8) is 0 Å². The van der Waals surface area contributed by atoms with E-state index in [0.29, 0.717) is 71.4 Å². The molecule has 0 aliphatic heterocycles. The topological polar surface area (TPSA) is 49.8 Å². The Kier molecular flexibility index (Phi) is 6.52. The summed E-state index contributed by atoms with van der Waals surface area (Å²) in [6.45, 7) is 0. The van der Waals surface area contributed by atoms with Crippen LogP contribution in [0, 0.1) is 11.3 Å². The summed E-state index contributed by atoms with van der Waals surface area (Å²) in [7, 11) is 58.6. The molecular weight excluding hydrogens is 526 g/mol. The zero-order valence-electron chi connectivity index (χ0n) is 23.2. The van der Waals surface area contributed by atoms with E-state index < -0.39 is 0 Å². The molecular formula is C32H9B9N2O. The fourth-order valence-corrected chi connectivity index (χ4v) is 6.17. The van der Waals surface area contributed by atoms with Gasteiger partial charge in [-0.05, 0) is 51.4 Å². The molecule has 0 amide bonds. The Balaban J connectivity index is 1.74. The lowest BCUT2D eigenvalue weighted by atomic mass is 9.58. The second kappa shape index (κ2) is 10.1. The number of fused-ring (bicyclic) bond motifs is 6. The second-order valence-corrected chi connectivity index (χ2v) is 10.6. The molecule has 2 heterocycles. The van der Waals surface area contributed by atoms with Gasteiger partial charge in [-0.1, -0.05) is 51.6 Å². The number of aromatic nitrogens is 1. The van der Waals surface area contributed by atoms with Gasteiger partial charge in [0.25, 0.3) is 0 Å². The third kappa shape index (κ3) is 3.72. The van der Waals surface area contributed by atoms with Gasteiger partial charge in [0, 0.05) is 28.1 Å². The van der Waals surface area contributed by atoms with Gasteiger partial charge < -0.3 is 4.42 Å². The monoisotopic (exact) mass is 536 g/mol. The fraction of sp³-hybridized carbons (Fsp3) is 0. The highest BCUT2D eigenvalue weighted by Gasteiger charge is 2.25. The lowest BCUT2D eigenvalue weighted by Gasteiger charge is -2.27. The van der Waals surface area contributed by atoms with E-state index in [2.05, 4.69) is 11.1 Å². The lowest BCUT2D eigenvalue weighted by molar-refractivity contribution is 0.671. The summed E-state index contributed by atoms with van der Waals surface area (Å²) in [5.74, 6) is 0. The molecule has 5 aromatic carbocycles. The first-order valence-electron chi connectivity index (χ1n) is 13.4. The van der Waals surface area contributed by atoms with Crippen molar-refractivity contribution in [2.45, 2.75) is 0 Å². The van der Waals surface area contributed by atoms with Crippen molar-refractivity contribution in [1.29, 1.82) is 5.26 Å². The molecule has 0 aliphatic carbocycles. The average molecular weight is 535 g/mol. The van der Waals surface area contributed by atoms with Crippen molar-refractivity contribution in [3.05, 3.63) is 60.3 Å². The Hall–Kier alpha value is -4.36. The highest BCUT2D eigenvalue weighted by atomic mass is 16.3. The average Bonchev–Trinajstić information content (AvgIpc) is 3.44. The van der Waals surface area contributed by atoms with Crippen molar-refractivity contribution in [3.8, 4) is 28.5 Å². The SMILES string of the molecule is [B]c1c([B])c([B])c2c(c1[B])c([B])c(-c1cccc3c1oc1c(-c4ccccn4)ccc(C#N)c13)c1c([B])c([B])c([B])c([B])c12. The molecule has 0 spiro atoms. The summed E-state index contributed by atoms with van der Waals surface area (Å²) >= 11 is 0. The molecule has 0 bridgehead atoms. The summed E-state index contributed by atoms with van der Waals surface area (Å²) < 4.78 is 6.63. The molecule has 0 unspecified atom stereocenters. The quantitative estimate of drug-likeness (QED) is 0.184. The third-order valence-corrected chi connectivity index (χ3v) is 8.33. The Labute approximate surface area is 265 Å². The molecule has 0 saturated carbocycles. The van der Waals surface area contributed by atoms with Gasteiger partial charge >= 0.3 is 0 Å². The van der Waals surface area contributed by atoms with Crippen molar-refractivity contribution in [2.75, 3.05) is 0 Å². The van der Waals surface area contributed by atoms with Gasteiger partial charge in [0.15, 0.2) is 0 Å². The first-order valence-corrected chi connectivity index (χ1v) is 13.4. The Morgan fingerprint density at radius 3 is 1.75 bits per heavy atom. The molecule has 3 nitrogen and oxygen atoms in total. The number of rotatable bonds is 2. The van der Waals surface area contributed by atoms with Gasteiger partial charge in [-0.2, -0.15) is 5.26 Å². The van der Waals surface area contributed by atoms with Crippen LogP contribution in [0.5, 0.6) is 0 Å². The summed E-state index contributed by atoms with van der Waals surface area (Å²) in [4.78, 5) is 4.50. The van der Waals surface area contributed by atoms with Gasteiger partial charge in [0.2, 0.25) is 0 Å². The van der Waals surface area contributed by atoms with Crippen LogP contribution in [0.4, 0.5) is 0 Å². The molecule has 0 fully saturated rings. The maximum Gasteiger partial charge on any atom is 0.146 e. The van der Waals surface area contributed by atoms with Gasteiger partial charge in [0.1, 0.15) is 81.8 Å². The van der Waals surface area contributed by atoms with E-state index in [1.807, 2.05) is 42.5 Å². The molecule has 180 valence electrons. The zero-order valence-corrected chi connectivity index (χ0v) is 23.2. The smallest absolute Gasteiger partial charge is 0.146 e. The number of furan rings is 1. The van der Waals surface area contributed by atoms with Crippen LogP contribution in [0.1, 0.15) is 5.56 Å². The van der Waals surface area contributed by atoms with Crippen molar-refractivity contribution in [2.24, 2.45) is 0 Å². The van der Waals surface area contributed by atoms with Crippen molar-refractivity contribution in [1.82, 2.24) is 4.98 Å². The number of nitriles is 1. The summed E-state index contributed by atoms with van der Waals surface area (Å²) in [5, 5.41) is 12.8. The molecule has 0 aliphatic rings. The number of para-hydroxylation sites is 1. The molecule has 12 heteroatoms. The molecule has 7 rings (SSSR count). The first kappa shape index (κ1) is 28.4. The zero-order chi connectivity index (χ0) is 31.2. The standard InChI is InChI=1S/C32H9B9N2O/c33-22-17(18-19(24(35)28(39)27(38)23(18)34)20-21(22)26(37)30(41)29(40)25(20)36)14-5-3-4-13-16-11(10-42)7-8-12(32(16)44-31(13)14)15-6-1-2-9-43-15/h1-9H. The van der Waals surface area contributed by atoms with E-state index in [1.165, 1.54) is 0 Å². The molecule has 0 N–H and O–H groups in total. The molecule has 2 aromatic heterocycles. The van der Waals surface area contributed by atoms with E-state index in [4.69, 9.17) is 75.0 Å². The minimum Gasteiger partial charge on any atom is -0.455 e. The normalized spacial score (nSPS) is 11.5. The number of hydrogen-bond acceptors (Lipinski definition) is 3. The summed E-state index contributed by atoms with van der Waals surface area (Å²) in [5.41, 5.74) is 4.62. The summed E-state index contributed by atoms with van der Waals surface area (Å²) in [6.07, 6.45) is 1.69. The molecule has 18 radical (unpaired) electrons. The third-order valence-electron chi connectivity index (χ3n) is 8.33. The van der Waals surface area contributed by atoms with Crippen LogP contribution < -0.4 is 49.2 Å². The van der Waals surface area contributed by atoms with Crippen LogP contribution in [0.3, 0.4) is 0 Å². The Morgan fingerprint density at radius 1 is 0.523 bits per heavy atom. The van der Waals surface area contributed by atoms with Crippen molar-refractivity contribution >= 4 is 163 Å². The largest absolute Gasteiger partial charge is 0.455 e. The van der Waals surface area contributed by atoms with Crippen LogP contribution in [-0.4, -0.2) is 75.6 Å². The van der Waals surface area contributed by atoms with Crippen molar-refractivity contribution < 1.29 is 4.42 Å². The minimum atomic E-state index is 0.0704. The molecule has 44 heavy (non-hydrogen) atoms. The van der Waals surface area contributed by atoms with Gasteiger partial charge in [-0.15, -0.1) is 21.9 Å². The van der Waals surface area contributed by atoms with E-state index in [0.717, 1.165) is 0 Å². The van der Waals surface area contributed by atoms with Crippen LogP contribution in [-0.2, 0) is 0 Å².